The van der Waals surface area contributed by atoms with Gasteiger partial charge >= 0.3 is 11.9 Å². The summed E-state index contributed by atoms with van der Waals surface area (Å²) in [6.45, 7) is 3.72. The molecule has 6 nitrogen and oxygen atoms in total. The third-order valence-corrected chi connectivity index (χ3v) is 4.58. The highest BCUT2D eigenvalue weighted by Crippen LogP contribution is 2.45. The number of carbonyl (C=O) groups excluding carboxylic acids is 2. The summed E-state index contributed by atoms with van der Waals surface area (Å²) >= 11 is 0. The number of hydrogen-bond acceptors (Lipinski definition) is 6. The van der Waals surface area contributed by atoms with E-state index >= 15 is 0 Å². The van der Waals surface area contributed by atoms with E-state index in [1.807, 2.05) is 43.3 Å². The summed E-state index contributed by atoms with van der Waals surface area (Å²) in [4.78, 5) is 25.4. The molecule has 0 saturated carbocycles. The van der Waals surface area contributed by atoms with Crippen molar-refractivity contribution < 1.29 is 23.8 Å². The highest BCUT2D eigenvalue weighted by molar-refractivity contribution is 6.08. The Morgan fingerprint density at radius 2 is 1.86 bits per heavy atom. The van der Waals surface area contributed by atoms with Gasteiger partial charge in [-0.15, -0.1) is 0 Å². The minimum atomic E-state index is -1.93. The molecule has 146 valence electrons. The van der Waals surface area contributed by atoms with Crippen LogP contribution in [0.4, 0.5) is 0 Å². The minimum Gasteiger partial charge on any atom is -0.466 e. The van der Waals surface area contributed by atoms with Crippen molar-refractivity contribution in [3.8, 4) is 5.75 Å². The zero-order valence-electron chi connectivity index (χ0n) is 16.2. The predicted molar refractivity (Wildman–Crippen MR) is 104 cm³/mol. The van der Waals surface area contributed by atoms with Crippen molar-refractivity contribution in [1.29, 1.82) is 0 Å². The summed E-state index contributed by atoms with van der Waals surface area (Å²) in [6.07, 6.45) is 0.234. The second-order valence-electron chi connectivity index (χ2n) is 6.57. The van der Waals surface area contributed by atoms with Crippen LogP contribution in [0, 0.1) is 6.92 Å². The van der Waals surface area contributed by atoms with Crippen molar-refractivity contribution in [2.24, 2.45) is 5.73 Å². The lowest BCUT2D eigenvalue weighted by Gasteiger charge is -2.25. The van der Waals surface area contributed by atoms with E-state index in [-0.39, 0.29) is 24.2 Å². The van der Waals surface area contributed by atoms with Gasteiger partial charge in [-0.05, 0) is 31.0 Å². The maximum absolute atomic E-state index is 12.7. The molecule has 2 aromatic rings. The average molecular weight is 381 g/mol. The fourth-order valence-electron chi connectivity index (χ4n) is 3.30. The summed E-state index contributed by atoms with van der Waals surface area (Å²) in [5, 5.41) is 0. The van der Waals surface area contributed by atoms with Crippen LogP contribution in [0.15, 0.2) is 54.1 Å². The zero-order chi connectivity index (χ0) is 20.3. The van der Waals surface area contributed by atoms with Gasteiger partial charge in [0.05, 0.1) is 19.3 Å². The standard InChI is InChI=1S/C22H23NO5/c1-4-27-21(25)22(23)19(16-11-10-14(2)12-18(16)28-22)17(20(24)26-3)13-15-8-6-5-7-9-15/h5-12H,4,13,23H2,1-3H3/b19-17-. The lowest BCUT2D eigenvalue weighted by Crippen LogP contribution is -2.53. The van der Waals surface area contributed by atoms with Gasteiger partial charge in [0.2, 0.25) is 0 Å². The Hall–Kier alpha value is -3.12. The normalized spacial score (nSPS) is 19.4. The first-order valence-corrected chi connectivity index (χ1v) is 9.02. The van der Waals surface area contributed by atoms with Crippen LogP contribution in [-0.2, 0) is 25.5 Å². The van der Waals surface area contributed by atoms with E-state index in [2.05, 4.69) is 0 Å². The third-order valence-electron chi connectivity index (χ3n) is 4.58. The number of benzene rings is 2. The molecule has 0 aromatic heterocycles. The number of esters is 2. The number of aryl methyl sites for hydroxylation is 1. The van der Waals surface area contributed by atoms with Crippen LogP contribution in [0.3, 0.4) is 0 Å². The number of nitrogens with two attached hydrogens (primary N) is 1. The average Bonchev–Trinajstić information content (AvgIpc) is 2.98. The monoisotopic (exact) mass is 381 g/mol. The molecule has 0 fully saturated rings. The van der Waals surface area contributed by atoms with Crippen LogP contribution < -0.4 is 10.5 Å². The number of carbonyl (C=O) groups is 2. The molecule has 1 atom stereocenters. The van der Waals surface area contributed by atoms with Gasteiger partial charge in [-0.3, -0.25) is 5.73 Å². The van der Waals surface area contributed by atoms with E-state index in [1.165, 1.54) is 7.11 Å². The van der Waals surface area contributed by atoms with Crippen LogP contribution in [0.2, 0.25) is 0 Å². The molecule has 1 aliphatic rings. The summed E-state index contributed by atoms with van der Waals surface area (Å²) in [5.41, 5.74) is 7.42. The molecule has 1 aliphatic heterocycles. The second-order valence-corrected chi connectivity index (χ2v) is 6.57. The van der Waals surface area contributed by atoms with Crippen LogP contribution >= 0.6 is 0 Å². The van der Waals surface area contributed by atoms with Gasteiger partial charge in [-0.25, -0.2) is 9.59 Å². The van der Waals surface area contributed by atoms with Crippen molar-refractivity contribution in [3.05, 3.63) is 70.8 Å². The highest BCUT2D eigenvalue weighted by atomic mass is 16.6. The summed E-state index contributed by atoms with van der Waals surface area (Å²) in [6, 6.07) is 14.8. The molecule has 0 radical (unpaired) electrons. The molecular weight excluding hydrogens is 358 g/mol. The molecule has 3 rings (SSSR count). The Balaban J connectivity index is 2.25. The first-order chi connectivity index (χ1) is 13.4. The molecule has 0 spiro atoms. The lowest BCUT2D eigenvalue weighted by molar-refractivity contribution is -0.155. The topological polar surface area (TPSA) is 87.9 Å². The van der Waals surface area contributed by atoms with Crippen LogP contribution in [0.5, 0.6) is 5.75 Å². The Morgan fingerprint density at radius 1 is 1.14 bits per heavy atom. The Morgan fingerprint density at radius 3 is 2.50 bits per heavy atom. The van der Waals surface area contributed by atoms with Gasteiger partial charge < -0.3 is 14.2 Å². The Bertz CT molecular complexity index is 935. The summed E-state index contributed by atoms with van der Waals surface area (Å²) in [7, 11) is 1.29. The van der Waals surface area contributed by atoms with Gasteiger partial charge in [-0.1, -0.05) is 42.5 Å². The molecule has 0 bridgehead atoms. The van der Waals surface area contributed by atoms with E-state index in [9.17, 15) is 9.59 Å². The second kappa shape index (κ2) is 7.86. The molecule has 2 N–H and O–H groups in total. The van der Waals surface area contributed by atoms with Gasteiger partial charge in [0.15, 0.2) is 0 Å². The van der Waals surface area contributed by atoms with E-state index in [0.717, 1.165) is 11.1 Å². The van der Waals surface area contributed by atoms with Gasteiger partial charge in [0.25, 0.3) is 5.72 Å². The van der Waals surface area contributed by atoms with Crippen LogP contribution in [0.1, 0.15) is 23.6 Å². The number of methoxy groups -OCH3 is 1. The molecule has 0 aliphatic carbocycles. The van der Waals surface area contributed by atoms with E-state index in [1.54, 1.807) is 19.1 Å². The zero-order valence-corrected chi connectivity index (χ0v) is 16.2. The van der Waals surface area contributed by atoms with Crippen molar-refractivity contribution in [3.63, 3.8) is 0 Å². The fraction of sp³-hybridized carbons (Fsp3) is 0.273. The van der Waals surface area contributed by atoms with Gasteiger partial charge in [0, 0.05) is 17.6 Å². The molecule has 2 aromatic carbocycles. The molecule has 0 amide bonds. The SMILES string of the molecule is CCOC(=O)C1(N)Oc2cc(C)ccc2/C1=C(\Cc1ccccc1)C(=O)OC. The van der Waals surface area contributed by atoms with E-state index in [0.29, 0.717) is 11.3 Å². The van der Waals surface area contributed by atoms with Gasteiger partial charge in [0.1, 0.15) is 5.75 Å². The quantitative estimate of drug-likeness (QED) is 0.633. The molecular formula is C22H23NO5. The summed E-state index contributed by atoms with van der Waals surface area (Å²) < 4.78 is 16.0. The summed E-state index contributed by atoms with van der Waals surface area (Å²) in [5.74, 6) is -0.900. The largest absolute Gasteiger partial charge is 0.466 e. The number of ether oxygens (including phenoxy) is 3. The fourth-order valence-corrected chi connectivity index (χ4v) is 3.30. The number of hydrogen-bond donors (Lipinski definition) is 1. The molecule has 28 heavy (non-hydrogen) atoms. The first-order valence-electron chi connectivity index (χ1n) is 9.02. The van der Waals surface area contributed by atoms with Crippen LogP contribution in [0.25, 0.3) is 5.57 Å². The van der Waals surface area contributed by atoms with E-state index in [4.69, 9.17) is 19.9 Å². The van der Waals surface area contributed by atoms with Crippen molar-refractivity contribution in [1.82, 2.24) is 0 Å². The van der Waals surface area contributed by atoms with Crippen molar-refractivity contribution in [2.75, 3.05) is 13.7 Å². The lowest BCUT2D eigenvalue weighted by atomic mass is 9.89. The number of rotatable bonds is 5. The van der Waals surface area contributed by atoms with Crippen LogP contribution in [-0.4, -0.2) is 31.4 Å². The number of fused-ring (bicyclic) bond motifs is 1. The Labute approximate surface area is 163 Å². The minimum absolute atomic E-state index is 0.135. The van der Waals surface area contributed by atoms with Crippen molar-refractivity contribution in [2.45, 2.75) is 26.0 Å². The van der Waals surface area contributed by atoms with Gasteiger partial charge in [-0.2, -0.15) is 0 Å². The molecule has 6 heteroatoms. The highest BCUT2D eigenvalue weighted by Gasteiger charge is 2.51. The van der Waals surface area contributed by atoms with Crippen molar-refractivity contribution >= 4 is 17.5 Å². The third kappa shape index (κ3) is 3.51. The maximum atomic E-state index is 12.7. The Kier molecular flexibility index (Phi) is 5.51. The van der Waals surface area contributed by atoms with E-state index < -0.39 is 17.7 Å². The maximum Gasteiger partial charge on any atom is 0.371 e. The molecule has 1 unspecified atom stereocenters. The predicted octanol–water partition coefficient (Wildman–Crippen LogP) is 2.77. The first kappa shape index (κ1) is 19.6. The molecule has 0 saturated heterocycles. The molecule has 1 heterocycles. The smallest absolute Gasteiger partial charge is 0.371 e.